The molecule has 0 amide bonds. The topological polar surface area (TPSA) is 72.8 Å². The summed E-state index contributed by atoms with van der Waals surface area (Å²) in [5, 5.41) is 11.0. The third-order valence-corrected chi connectivity index (χ3v) is 2.99. The Bertz CT molecular complexity index is 572. The zero-order chi connectivity index (χ0) is 15.3. The van der Waals surface area contributed by atoms with Crippen LogP contribution in [0.25, 0.3) is 0 Å². The molecule has 0 aromatic carbocycles. The van der Waals surface area contributed by atoms with Crippen molar-refractivity contribution in [3.8, 4) is 5.88 Å². The Morgan fingerprint density at radius 2 is 2.10 bits per heavy atom. The lowest BCUT2D eigenvalue weighted by Gasteiger charge is -2.08. The highest BCUT2D eigenvalue weighted by Gasteiger charge is 2.28. The first-order valence-corrected chi connectivity index (χ1v) is 6.82. The van der Waals surface area contributed by atoms with Gasteiger partial charge in [-0.2, -0.15) is 22.6 Å². The van der Waals surface area contributed by atoms with E-state index in [1.54, 1.807) is 0 Å². The van der Waals surface area contributed by atoms with Gasteiger partial charge in [0.25, 0.3) is 0 Å². The van der Waals surface area contributed by atoms with Crippen molar-refractivity contribution in [2.45, 2.75) is 26.1 Å². The Kier molecular flexibility index (Phi) is 4.89. The van der Waals surface area contributed by atoms with Crippen LogP contribution in [0.15, 0.2) is 12.1 Å². The van der Waals surface area contributed by atoms with Crippen molar-refractivity contribution in [3.63, 3.8) is 0 Å². The monoisotopic (exact) mass is 319 g/mol. The predicted molar refractivity (Wildman–Crippen MR) is 70.2 cm³/mol. The number of rotatable bonds is 6. The number of halogens is 3. The van der Waals surface area contributed by atoms with Crippen molar-refractivity contribution in [2.24, 2.45) is 0 Å². The molecule has 6 nitrogen and oxygen atoms in total. The fraction of sp³-hybridized carbons (Fsp3) is 0.455. The minimum atomic E-state index is -4.39. The van der Waals surface area contributed by atoms with Gasteiger partial charge in [-0.15, -0.1) is 5.10 Å². The number of ether oxygens (including phenoxy) is 1. The van der Waals surface area contributed by atoms with Crippen LogP contribution in [0.4, 0.5) is 18.3 Å². The van der Waals surface area contributed by atoms with Gasteiger partial charge in [-0.1, -0.05) is 6.92 Å². The van der Waals surface area contributed by atoms with Gasteiger partial charge in [0.2, 0.25) is 11.0 Å². The van der Waals surface area contributed by atoms with Crippen LogP contribution in [0.5, 0.6) is 5.88 Å². The molecule has 0 bridgehead atoms. The number of hydrogen-bond donors (Lipinski definition) is 1. The standard InChI is InChI=1S/C11H12F3N5OS/c1-2-8-16-10(21-19-8)15-5-7-3-4-9(18-17-7)20-6-11(12,13)14/h3-4H,2,5-6H2,1H3,(H,15,16,19). The molecule has 2 aromatic rings. The highest BCUT2D eigenvalue weighted by atomic mass is 32.1. The molecule has 0 spiro atoms. The molecule has 10 heteroatoms. The molecule has 0 aliphatic heterocycles. The summed E-state index contributed by atoms with van der Waals surface area (Å²) in [6.45, 7) is 0.922. The van der Waals surface area contributed by atoms with E-state index in [0.29, 0.717) is 17.4 Å². The average molecular weight is 319 g/mol. The van der Waals surface area contributed by atoms with Crippen LogP contribution in [0, 0.1) is 0 Å². The van der Waals surface area contributed by atoms with Gasteiger partial charge in [0, 0.05) is 24.0 Å². The van der Waals surface area contributed by atoms with Crippen LogP contribution in [0.1, 0.15) is 18.4 Å². The van der Waals surface area contributed by atoms with Gasteiger partial charge in [0.05, 0.1) is 12.2 Å². The third kappa shape index (κ3) is 5.14. The summed E-state index contributed by atoms with van der Waals surface area (Å²) in [6, 6.07) is 2.88. The number of aryl methyl sites for hydroxylation is 1. The smallest absolute Gasteiger partial charge is 0.422 e. The molecule has 0 aliphatic carbocycles. The summed E-state index contributed by atoms with van der Waals surface area (Å²) < 4.78 is 44.5. The zero-order valence-electron chi connectivity index (χ0n) is 11.0. The summed E-state index contributed by atoms with van der Waals surface area (Å²) >= 11 is 1.24. The molecule has 0 atom stereocenters. The predicted octanol–water partition coefficient (Wildman–Crippen LogP) is 2.44. The van der Waals surface area contributed by atoms with Crippen LogP contribution in [0.3, 0.4) is 0 Å². The first-order valence-electron chi connectivity index (χ1n) is 6.05. The molecule has 1 N–H and O–H groups in total. The van der Waals surface area contributed by atoms with Crippen LogP contribution in [-0.2, 0) is 13.0 Å². The van der Waals surface area contributed by atoms with Crippen molar-refractivity contribution >= 4 is 16.7 Å². The van der Waals surface area contributed by atoms with Gasteiger partial charge < -0.3 is 10.1 Å². The van der Waals surface area contributed by atoms with Gasteiger partial charge in [-0.05, 0) is 6.07 Å². The Balaban J connectivity index is 1.84. The SMILES string of the molecule is CCc1nsc(NCc2ccc(OCC(F)(F)F)nn2)n1. The summed E-state index contributed by atoms with van der Waals surface area (Å²) in [4.78, 5) is 4.22. The largest absolute Gasteiger partial charge is 0.467 e. The Hall–Kier alpha value is -1.97. The fourth-order valence-electron chi connectivity index (χ4n) is 1.31. The number of nitrogens with one attached hydrogen (secondary N) is 1. The van der Waals surface area contributed by atoms with Gasteiger partial charge in [-0.3, -0.25) is 0 Å². The lowest BCUT2D eigenvalue weighted by molar-refractivity contribution is -0.154. The number of anilines is 1. The van der Waals surface area contributed by atoms with Crippen LogP contribution < -0.4 is 10.1 Å². The second-order valence-electron chi connectivity index (χ2n) is 3.99. The minimum absolute atomic E-state index is 0.166. The van der Waals surface area contributed by atoms with Gasteiger partial charge >= 0.3 is 6.18 Å². The van der Waals surface area contributed by atoms with E-state index >= 15 is 0 Å². The molecule has 0 radical (unpaired) electrons. The first-order chi connectivity index (χ1) is 9.96. The van der Waals surface area contributed by atoms with Gasteiger partial charge in [0.1, 0.15) is 5.82 Å². The van der Waals surface area contributed by atoms with Crippen LogP contribution in [-0.4, -0.2) is 32.3 Å². The lowest BCUT2D eigenvalue weighted by atomic mass is 10.4. The summed E-state index contributed by atoms with van der Waals surface area (Å²) in [6.07, 6.45) is -3.64. The maximum atomic E-state index is 12.0. The van der Waals surface area contributed by atoms with Crippen molar-refractivity contribution in [1.29, 1.82) is 0 Å². The van der Waals surface area contributed by atoms with E-state index in [1.165, 1.54) is 23.7 Å². The van der Waals surface area contributed by atoms with Crippen molar-refractivity contribution in [3.05, 3.63) is 23.7 Å². The second-order valence-corrected chi connectivity index (χ2v) is 4.74. The molecule has 0 unspecified atom stereocenters. The summed E-state index contributed by atoms with van der Waals surface area (Å²) in [5.74, 6) is 0.588. The number of alkyl halides is 3. The molecule has 2 aromatic heterocycles. The van der Waals surface area contributed by atoms with E-state index in [0.717, 1.165) is 12.2 Å². The maximum absolute atomic E-state index is 12.0. The summed E-state index contributed by atoms with van der Waals surface area (Å²) in [5.41, 5.74) is 0.558. The van der Waals surface area contributed by atoms with E-state index in [9.17, 15) is 13.2 Å². The van der Waals surface area contributed by atoms with Crippen LogP contribution in [0.2, 0.25) is 0 Å². The van der Waals surface area contributed by atoms with E-state index in [4.69, 9.17) is 0 Å². The molecule has 114 valence electrons. The fourth-order valence-corrected chi connectivity index (χ4v) is 1.95. The normalized spacial score (nSPS) is 11.4. The van der Waals surface area contributed by atoms with Gasteiger partial charge in [-0.25, -0.2) is 4.98 Å². The summed E-state index contributed by atoms with van der Waals surface area (Å²) in [7, 11) is 0. The lowest BCUT2D eigenvalue weighted by Crippen LogP contribution is -2.19. The van der Waals surface area contributed by atoms with Crippen LogP contribution >= 0.6 is 11.5 Å². The highest BCUT2D eigenvalue weighted by molar-refractivity contribution is 7.09. The molecular formula is C11H12F3N5OS. The van der Waals surface area contributed by atoms with Crippen molar-refractivity contribution in [1.82, 2.24) is 19.6 Å². The molecule has 0 saturated carbocycles. The first kappa shape index (κ1) is 15.4. The molecule has 0 saturated heterocycles. The average Bonchev–Trinajstić information content (AvgIpc) is 2.91. The molecule has 2 rings (SSSR count). The molecular weight excluding hydrogens is 307 g/mol. The quantitative estimate of drug-likeness (QED) is 0.881. The molecule has 2 heterocycles. The number of nitrogens with zero attached hydrogens (tertiary/aromatic N) is 4. The molecule has 0 fully saturated rings. The zero-order valence-corrected chi connectivity index (χ0v) is 11.8. The molecule has 0 aliphatic rings. The second kappa shape index (κ2) is 6.66. The third-order valence-electron chi connectivity index (χ3n) is 2.28. The maximum Gasteiger partial charge on any atom is 0.422 e. The number of aromatic nitrogens is 4. The van der Waals surface area contributed by atoms with Crippen molar-refractivity contribution < 1.29 is 17.9 Å². The van der Waals surface area contributed by atoms with E-state index in [2.05, 4.69) is 29.6 Å². The van der Waals surface area contributed by atoms with Crippen molar-refractivity contribution in [2.75, 3.05) is 11.9 Å². The Labute approximate surface area is 122 Å². The van der Waals surface area contributed by atoms with Gasteiger partial charge in [0.15, 0.2) is 6.61 Å². The van der Waals surface area contributed by atoms with E-state index in [-0.39, 0.29) is 5.88 Å². The minimum Gasteiger partial charge on any atom is -0.467 e. The number of hydrogen-bond acceptors (Lipinski definition) is 7. The Morgan fingerprint density at radius 1 is 1.29 bits per heavy atom. The Morgan fingerprint density at radius 3 is 2.67 bits per heavy atom. The van der Waals surface area contributed by atoms with E-state index < -0.39 is 12.8 Å². The highest BCUT2D eigenvalue weighted by Crippen LogP contribution is 2.17. The molecule has 21 heavy (non-hydrogen) atoms. The van der Waals surface area contributed by atoms with E-state index in [1.807, 2.05) is 6.92 Å².